The Balaban J connectivity index is 1.26. The first-order valence-electron chi connectivity index (χ1n) is 15.0. The first-order valence-corrected chi connectivity index (χ1v) is 15.0. The van der Waals surface area contributed by atoms with Gasteiger partial charge in [0.15, 0.2) is 11.5 Å². The predicted octanol–water partition coefficient (Wildman–Crippen LogP) is 3.55. The molecule has 2 aliphatic carbocycles. The van der Waals surface area contributed by atoms with Crippen molar-refractivity contribution in [3.63, 3.8) is 0 Å². The molecular formula is C31H43NO7. The molecule has 214 valence electrons. The lowest BCUT2D eigenvalue weighted by Gasteiger charge is -2.48. The molecule has 6 rings (SSSR count). The van der Waals surface area contributed by atoms with Gasteiger partial charge in [0, 0.05) is 30.5 Å². The lowest BCUT2D eigenvalue weighted by Crippen LogP contribution is -2.56. The number of piperidine rings is 1. The van der Waals surface area contributed by atoms with Gasteiger partial charge in [0.1, 0.15) is 11.3 Å². The lowest BCUT2D eigenvalue weighted by atomic mass is 9.73. The first kappa shape index (κ1) is 27.1. The zero-order valence-electron chi connectivity index (χ0n) is 23.0. The van der Waals surface area contributed by atoms with E-state index in [4.69, 9.17) is 14.2 Å². The van der Waals surface area contributed by atoms with Crippen molar-refractivity contribution in [2.45, 2.75) is 82.4 Å². The molecule has 6 aliphatic rings. The summed E-state index contributed by atoms with van der Waals surface area (Å²) in [5, 5.41) is 32.1. The number of rotatable bonds is 6. The molecule has 7 unspecified atom stereocenters. The van der Waals surface area contributed by atoms with Crippen LogP contribution in [0.1, 0.15) is 64.2 Å². The standard InChI is InChI=1S/C31H43NO7/c1-37-28-22(17-34)31(36)39-30(28)29-21(16-33)26-23-11-5-12-24(32(23)14-6-13-25(26)38-29)27(35)20-10-4-9-19(15-20)18-7-2-3-8-18/h4,10,13,18-21,23-24,26-27,33-35H,2-3,5-9,11-12,14-17H2,1H3. The topological polar surface area (TPSA) is 109 Å². The number of hydrogen-bond donors (Lipinski definition) is 3. The Hall–Kier alpha value is -2.13. The molecule has 4 heterocycles. The molecule has 0 amide bonds. The fraction of sp³-hybridized carbons (Fsp3) is 0.710. The van der Waals surface area contributed by atoms with Crippen LogP contribution in [0.4, 0.5) is 0 Å². The van der Waals surface area contributed by atoms with Gasteiger partial charge in [-0.2, -0.15) is 0 Å². The summed E-state index contributed by atoms with van der Waals surface area (Å²) in [7, 11) is 1.43. The summed E-state index contributed by atoms with van der Waals surface area (Å²) < 4.78 is 17.3. The third-order valence-corrected chi connectivity index (χ3v) is 10.3. The highest BCUT2D eigenvalue weighted by Crippen LogP contribution is 2.50. The van der Waals surface area contributed by atoms with E-state index in [-0.39, 0.29) is 47.6 Å². The van der Waals surface area contributed by atoms with Crippen LogP contribution < -0.4 is 0 Å². The van der Waals surface area contributed by atoms with Crippen molar-refractivity contribution in [3.8, 4) is 0 Å². The number of esters is 1. The van der Waals surface area contributed by atoms with Gasteiger partial charge in [0.25, 0.3) is 0 Å². The summed E-state index contributed by atoms with van der Waals surface area (Å²) in [6.45, 7) is 0.174. The van der Waals surface area contributed by atoms with Crippen molar-refractivity contribution in [2.75, 3.05) is 26.9 Å². The zero-order valence-corrected chi connectivity index (χ0v) is 23.0. The number of nitrogens with zero attached hydrogens (tertiary/aromatic N) is 1. The van der Waals surface area contributed by atoms with Crippen LogP contribution in [0, 0.1) is 29.6 Å². The van der Waals surface area contributed by atoms with E-state index in [2.05, 4.69) is 23.1 Å². The molecule has 0 bridgehead atoms. The van der Waals surface area contributed by atoms with Gasteiger partial charge in [-0.1, -0.05) is 44.3 Å². The van der Waals surface area contributed by atoms with Crippen LogP contribution >= 0.6 is 0 Å². The number of carbonyl (C=O) groups is 1. The number of carbonyl (C=O) groups excluding carboxylic acids is 1. The second-order valence-electron chi connectivity index (χ2n) is 12.2. The highest BCUT2D eigenvalue weighted by atomic mass is 16.6. The number of ether oxygens (including phenoxy) is 3. The van der Waals surface area contributed by atoms with Gasteiger partial charge in [0.2, 0.25) is 5.76 Å². The van der Waals surface area contributed by atoms with Gasteiger partial charge in [-0.15, -0.1) is 0 Å². The largest absolute Gasteiger partial charge is 0.492 e. The Kier molecular flexibility index (Phi) is 7.91. The van der Waals surface area contributed by atoms with E-state index in [1.165, 1.54) is 32.8 Å². The monoisotopic (exact) mass is 541 g/mol. The number of fused-ring (bicyclic) bond motifs is 3. The van der Waals surface area contributed by atoms with Gasteiger partial charge in [0.05, 0.1) is 32.3 Å². The maximum absolute atomic E-state index is 12.4. The Bertz CT molecular complexity index is 1070. The minimum absolute atomic E-state index is 0.0558. The predicted molar refractivity (Wildman–Crippen MR) is 144 cm³/mol. The average Bonchev–Trinajstić information content (AvgIpc) is 3.67. The Morgan fingerprint density at radius 1 is 1.10 bits per heavy atom. The highest BCUT2D eigenvalue weighted by molar-refractivity contribution is 5.94. The van der Waals surface area contributed by atoms with E-state index in [1.807, 2.05) is 0 Å². The smallest absolute Gasteiger partial charge is 0.345 e. The summed E-state index contributed by atoms with van der Waals surface area (Å²) >= 11 is 0. The molecule has 3 N–H and O–H groups in total. The van der Waals surface area contributed by atoms with E-state index in [0.29, 0.717) is 11.7 Å². The summed E-state index contributed by atoms with van der Waals surface area (Å²) in [6, 6.07) is 0.161. The number of methoxy groups -OCH3 is 1. The van der Waals surface area contributed by atoms with Gasteiger partial charge in [-0.05, 0) is 50.0 Å². The Morgan fingerprint density at radius 3 is 2.67 bits per heavy atom. The van der Waals surface area contributed by atoms with Crippen LogP contribution in [-0.4, -0.2) is 71.2 Å². The Morgan fingerprint density at radius 2 is 1.92 bits per heavy atom. The van der Waals surface area contributed by atoms with Gasteiger partial charge >= 0.3 is 5.97 Å². The van der Waals surface area contributed by atoms with E-state index < -0.39 is 24.6 Å². The molecule has 0 aromatic heterocycles. The second kappa shape index (κ2) is 11.4. The molecule has 7 atom stereocenters. The van der Waals surface area contributed by atoms with Crippen LogP contribution in [0.25, 0.3) is 0 Å². The van der Waals surface area contributed by atoms with Crippen molar-refractivity contribution in [1.29, 1.82) is 0 Å². The van der Waals surface area contributed by atoms with E-state index in [9.17, 15) is 20.1 Å². The number of hydrogen-bond acceptors (Lipinski definition) is 8. The van der Waals surface area contributed by atoms with E-state index in [1.54, 1.807) is 0 Å². The SMILES string of the molecule is COC1=C(CO)C(=O)OC1=C1OC2=CCCN3C(C(O)C4C=CCC(C5CCCC5)C4)CCCC3C2C1CO. The molecule has 8 nitrogen and oxygen atoms in total. The first-order chi connectivity index (χ1) is 19.0. The lowest BCUT2D eigenvalue weighted by molar-refractivity contribution is -0.134. The molecule has 2 saturated heterocycles. The van der Waals surface area contributed by atoms with Crippen molar-refractivity contribution < 1.29 is 34.3 Å². The Labute approximate surface area is 231 Å². The highest BCUT2D eigenvalue weighted by Gasteiger charge is 2.52. The van der Waals surface area contributed by atoms with Crippen molar-refractivity contribution in [3.05, 3.63) is 46.8 Å². The minimum atomic E-state index is -0.655. The number of allylic oxidation sites excluding steroid dienone is 1. The maximum Gasteiger partial charge on any atom is 0.345 e. The quantitative estimate of drug-likeness (QED) is 0.346. The van der Waals surface area contributed by atoms with Gasteiger partial charge in [-0.25, -0.2) is 4.79 Å². The van der Waals surface area contributed by atoms with Gasteiger partial charge in [-0.3, -0.25) is 4.90 Å². The van der Waals surface area contributed by atoms with E-state index >= 15 is 0 Å². The second-order valence-corrected chi connectivity index (χ2v) is 12.2. The number of aliphatic hydroxyl groups is 3. The van der Waals surface area contributed by atoms with Crippen LogP contribution in [0.15, 0.2) is 46.8 Å². The molecule has 8 heteroatoms. The van der Waals surface area contributed by atoms with Gasteiger partial charge < -0.3 is 29.5 Å². The number of aliphatic hydroxyl groups excluding tert-OH is 3. The summed E-state index contributed by atoms with van der Waals surface area (Å²) in [4.78, 5) is 14.9. The third-order valence-electron chi connectivity index (χ3n) is 10.3. The normalized spacial score (nSPS) is 38.2. The zero-order chi connectivity index (χ0) is 27.1. The van der Waals surface area contributed by atoms with Crippen molar-refractivity contribution >= 4 is 5.97 Å². The molecular weight excluding hydrogens is 498 g/mol. The summed E-state index contributed by atoms with van der Waals surface area (Å²) in [6.07, 6.45) is 17.6. The molecule has 0 aromatic carbocycles. The maximum atomic E-state index is 12.4. The van der Waals surface area contributed by atoms with Crippen LogP contribution in [0.3, 0.4) is 0 Å². The van der Waals surface area contributed by atoms with Crippen LogP contribution in [0.5, 0.6) is 0 Å². The molecule has 1 saturated carbocycles. The molecule has 0 aromatic rings. The van der Waals surface area contributed by atoms with Crippen molar-refractivity contribution in [2.24, 2.45) is 29.6 Å². The molecule has 0 radical (unpaired) electrons. The fourth-order valence-electron chi connectivity index (χ4n) is 8.48. The summed E-state index contributed by atoms with van der Waals surface area (Å²) in [5.74, 6) is 2.00. The van der Waals surface area contributed by atoms with E-state index in [0.717, 1.165) is 56.7 Å². The molecule has 39 heavy (non-hydrogen) atoms. The van der Waals surface area contributed by atoms with Crippen LogP contribution in [0.2, 0.25) is 0 Å². The third kappa shape index (κ3) is 4.77. The average molecular weight is 542 g/mol. The minimum Gasteiger partial charge on any atom is -0.492 e. The fourth-order valence-corrected chi connectivity index (χ4v) is 8.48. The van der Waals surface area contributed by atoms with Crippen molar-refractivity contribution in [1.82, 2.24) is 4.90 Å². The number of cyclic esters (lactones) is 1. The molecule has 3 fully saturated rings. The molecule has 4 aliphatic heterocycles. The summed E-state index contributed by atoms with van der Waals surface area (Å²) in [5.41, 5.74) is 0.0558. The van der Waals surface area contributed by atoms with Crippen LogP contribution in [-0.2, 0) is 19.0 Å². The molecule has 0 spiro atoms.